The van der Waals surface area contributed by atoms with Gasteiger partial charge in [0.15, 0.2) is 5.58 Å². The Hall–Kier alpha value is -1.94. The van der Waals surface area contributed by atoms with Gasteiger partial charge in [-0.2, -0.15) is 0 Å². The molecule has 0 radical (unpaired) electrons. The molecule has 3 nitrogen and oxygen atoms in total. The standard InChI is InChI=1S/C13H9NO2S/c15-9-5-7-10(8-6-9)17-13-14-11-3-1-2-4-12(11)16-13/h1-8,15H. The highest BCUT2D eigenvalue weighted by Gasteiger charge is 2.06. The van der Waals surface area contributed by atoms with Crippen LogP contribution in [0.5, 0.6) is 5.75 Å². The van der Waals surface area contributed by atoms with E-state index in [1.54, 1.807) is 12.1 Å². The summed E-state index contributed by atoms with van der Waals surface area (Å²) >= 11 is 1.43. The molecule has 1 heterocycles. The number of hydrogen-bond donors (Lipinski definition) is 1. The highest BCUT2D eigenvalue weighted by Crippen LogP contribution is 2.30. The fourth-order valence-corrected chi connectivity index (χ4v) is 2.26. The Bertz CT molecular complexity index is 613. The lowest BCUT2D eigenvalue weighted by molar-refractivity contribution is 0.474. The van der Waals surface area contributed by atoms with Crippen LogP contribution in [-0.2, 0) is 0 Å². The Morgan fingerprint density at radius 1 is 1.00 bits per heavy atom. The minimum absolute atomic E-state index is 0.256. The molecule has 0 amide bonds. The van der Waals surface area contributed by atoms with Gasteiger partial charge < -0.3 is 9.52 Å². The van der Waals surface area contributed by atoms with E-state index in [0.717, 1.165) is 16.0 Å². The van der Waals surface area contributed by atoms with Gasteiger partial charge in [0.1, 0.15) is 11.3 Å². The molecule has 0 fully saturated rings. The van der Waals surface area contributed by atoms with Gasteiger partial charge in [0.2, 0.25) is 0 Å². The van der Waals surface area contributed by atoms with Crippen LogP contribution in [0.3, 0.4) is 0 Å². The first-order valence-electron chi connectivity index (χ1n) is 5.14. The lowest BCUT2D eigenvalue weighted by Gasteiger charge is -1.96. The summed E-state index contributed by atoms with van der Waals surface area (Å²) in [7, 11) is 0. The molecule has 0 atom stereocenters. The van der Waals surface area contributed by atoms with Gasteiger partial charge in [-0.1, -0.05) is 12.1 Å². The van der Waals surface area contributed by atoms with Crippen molar-refractivity contribution in [3.05, 3.63) is 48.5 Å². The maximum Gasteiger partial charge on any atom is 0.261 e. The lowest BCUT2D eigenvalue weighted by Crippen LogP contribution is -1.72. The zero-order valence-corrected chi connectivity index (χ0v) is 9.65. The van der Waals surface area contributed by atoms with Crippen LogP contribution in [0.25, 0.3) is 11.1 Å². The quantitative estimate of drug-likeness (QED) is 0.745. The summed E-state index contributed by atoms with van der Waals surface area (Å²) < 4.78 is 5.59. The van der Waals surface area contributed by atoms with Crippen molar-refractivity contribution in [3.63, 3.8) is 0 Å². The van der Waals surface area contributed by atoms with E-state index >= 15 is 0 Å². The summed E-state index contributed by atoms with van der Waals surface area (Å²) in [6.45, 7) is 0. The Morgan fingerprint density at radius 3 is 2.53 bits per heavy atom. The number of oxazole rings is 1. The van der Waals surface area contributed by atoms with Crippen LogP contribution in [0.1, 0.15) is 0 Å². The topological polar surface area (TPSA) is 46.3 Å². The number of aromatic nitrogens is 1. The van der Waals surface area contributed by atoms with E-state index in [9.17, 15) is 5.11 Å². The van der Waals surface area contributed by atoms with Gasteiger partial charge in [-0.15, -0.1) is 0 Å². The number of fused-ring (bicyclic) bond motifs is 1. The molecule has 0 aliphatic heterocycles. The highest BCUT2D eigenvalue weighted by atomic mass is 32.2. The van der Waals surface area contributed by atoms with Crippen LogP contribution < -0.4 is 0 Å². The molecule has 1 N–H and O–H groups in total. The van der Waals surface area contributed by atoms with Crippen molar-refractivity contribution in [3.8, 4) is 5.75 Å². The van der Waals surface area contributed by atoms with Gasteiger partial charge in [-0.25, -0.2) is 4.98 Å². The molecule has 0 aliphatic rings. The van der Waals surface area contributed by atoms with E-state index in [1.807, 2.05) is 36.4 Å². The van der Waals surface area contributed by atoms with Crippen molar-refractivity contribution < 1.29 is 9.52 Å². The first kappa shape index (κ1) is 10.2. The minimum atomic E-state index is 0.256. The second kappa shape index (κ2) is 4.14. The summed E-state index contributed by atoms with van der Waals surface area (Å²) in [4.78, 5) is 5.35. The summed E-state index contributed by atoms with van der Waals surface area (Å²) in [6.07, 6.45) is 0. The number of phenols is 1. The fraction of sp³-hybridized carbons (Fsp3) is 0. The van der Waals surface area contributed by atoms with Crippen LogP contribution in [-0.4, -0.2) is 10.1 Å². The number of phenolic OH excluding ortho intramolecular Hbond substituents is 1. The molecule has 0 bridgehead atoms. The second-order valence-electron chi connectivity index (χ2n) is 3.54. The van der Waals surface area contributed by atoms with Crippen molar-refractivity contribution in [2.75, 3.05) is 0 Å². The van der Waals surface area contributed by atoms with Gasteiger partial charge >= 0.3 is 0 Å². The number of rotatable bonds is 2. The van der Waals surface area contributed by atoms with E-state index in [4.69, 9.17) is 4.42 Å². The van der Waals surface area contributed by atoms with Gasteiger partial charge in [0.05, 0.1) is 0 Å². The first-order chi connectivity index (χ1) is 8.31. The summed E-state index contributed by atoms with van der Waals surface area (Å²) in [5.41, 5.74) is 1.64. The Labute approximate surface area is 102 Å². The monoisotopic (exact) mass is 243 g/mol. The molecule has 3 aromatic rings. The molecule has 0 unspecified atom stereocenters. The van der Waals surface area contributed by atoms with Gasteiger partial charge in [-0.05, 0) is 48.2 Å². The Kier molecular flexibility index (Phi) is 2.49. The molecule has 1 aromatic heterocycles. The highest BCUT2D eigenvalue weighted by molar-refractivity contribution is 7.99. The third-order valence-corrected chi connectivity index (χ3v) is 3.17. The Balaban J connectivity index is 1.92. The predicted molar refractivity (Wildman–Crippen MR) is 66.2 cm³/mol. The molecule has 0 spiro atoms. The molecule has 0 saturated heterocycles. The van der Waals surface area contributed by atoms with Crippen molar-refractivity contribution in [1.82, 2.24) is 4.98 Å². The normalized spacial score (nSPS) is 10.8. The van der Waals surface area contributed by atoms with Gasteiger partial charge in [-0.3, -0.25) is 0 Å². The molecule has 0 aliphatic carbocycles. The largest absolute Gasteiger partial charge is 0.508 e. The number of benzene rings is 2. The average Bonchev–Trinajstić information content (AvgIpc) is 2.74. The second-order valence-corrected chi connectivity index (χ2v) is 4.57. The number of aromatic hydroxyl groups is 1. The van der Waals surface area contributed by atoms with Gasteiger partial charge in [0.25, 0.3) is 5.22 Å². The molecular formula is C13H9NO2S. The number of para-hydroxylation sites is 2. The SMILES string of the molecule is Oc1ccc(Sc2nc3ccccc3o2)cc1. The third kappa shape index (κ3) is 2.12. The Morgan fingerprint density at radius 2 is 1.76 bits per heavy atom. The smallest absolute Gasteiger partial charge is 0.261 e. The zero-order chi connectivity index (χ0) is 11.7. The summed E-state index contributed by atoms with van der Waals surface area (Å²) in [5, 5.41) is 9.80. The van der Waals surface area contributed by atoms with E-state index in [2.05, 4.69) is 4.98 Å². The van der Waals surface area contributed by atoms with Crippen LogP contribution in [0.15, 0.2) is 63.1 Å². The molecule has 0 saturated carbocycles. The molecule has 3 rings (SSSR count). The lowest BCUT2D eigenvalue weighted by atomic mass is 10.3. The third-order valence-electron chi connectivity index (χ3n) is 2.32. The van der Waals surface area contributed by atoms with Crippen LogP contribution in [0.2, 0.25) is 0 Å². The molecular weight excluding hydrogens is 234 g/mol. The van der Waals surface area contributed by atoms with Gasteiger partial charge in [0, 0.05) is 4.90 Å². The minimum Gasteiger partial charge on any atom is -0.508 e. The summed E-state index contributed by atoms with van der Waals surface area (Å²) in [6, 6.07) is 14.6. The van der Waals surface area contributed by atoms with Crippen molar-refractivity contribution in [2.24, 2.45) is 0 Å². The average molecular weight is 243 g/mol. The van der Waals surface area contributed by atoms with Crippen LogP contribution >= 0.6 is 11.8 Å². The predicted octanol–water partition coefficient (Wildman–Crippen LogP) is 3.68. The molecule has 17 heavy (non-hydrogen) atoms. The zero-order valence-electron chi connectivity index (χ0n) is 8.83. The fourth-order valence-electron chi connectivity index (χ4n) is 1.51. The summed E-state index contributed by atoms with van der Waals surface area (Å²) in [5.74, 6) is 0.256. The number of nitrogens with zero attached hydrogens (tertiary/aromatic N) is 1. The van der Waals surface area contributed by atoms with E-state index in [1.165, 1.54) is 11.8 Å². The molecule has 84 valence electrons. The van der Waals surface area contributed by atoms with Crippen molar-refractivity contribution in [2.45, 2.75) is 10.1 Å². The van der Waals surface area contributed by atoms with Crippen LogP contribution in [0.4, 0.5) is 0 Å². The first-order valence-corrected chi connectivity index (χ1v) is 5.95. The molecule has 2 aromatic carbocycles. The van der Waals surface area contributed by atoms with E-state index in [0.29, 0.717) is 5.22 Å². The van der Waals surface area contributed by atoms with Crippen molar-refractivity contribution >= 4 is 22.9 Å². The number of hydrogen-bond acceptors (Lipinski definition) is 4. The van der Waals surface area contributed by atoms with E-state index in [-0.39, 0.29) is 5.75 Å². The van der Waals surface area contributed by atoms with Crippen molar-refractivity contribution in [1.29, 1.82) is 0 Å². The van der Waals surface area contributed by atoms with Crippen LogP contribution in [0, 0.1) is 0 Å². The van der Waals surface area contributed by atoms with E-state index < -0.39 is 0 Å². The molecule has 4 heteroatoms. The maximum atomic E-state index is 9.19. The maximum absolute atomic E-state index is 9.19.